The number of carbonyl (C=O) groups is 3. The molecule has 2 saturated heterocycles. The number of ether oxygens (including phenoxy) is 1. The quantitative estimate of drug-likeness (QED) is 0.752. The molecule has 2 heterocycles. The first-order chi connectivity index (χ1) is 14.0. The van der Waals surface area contributed by atoms with Crippen molar-refractivity contribution in [1.29, 1.82) is 0 Å². The van der Waals surface area contributed by atoms with Gasteiger partial charge in [-0.05, 0) is 37.1 Å². The number of carbonyl (C=O) groups excluding carboxylic acids is 3. The molecule has 1 aromatic carbocycles. The highest BCUT2D eigenvalue weighted by Gasteiger charge is 2.31. The van der Waals surface area contributed by atoms with Crippen LogP contribution in [0.25, 0.3) is 0 Å². The number of thioether (sulfide) groups is 1. The third kappa shape index (κ3) is 6.43. The van der Waals surface area contributed by atoms with Gasteiger partial charge in [0.25, 0.3) is 0 Å². The van der Waals surface area contributed by atoms with E-state index in [1.54, 1.807) is 4.90 Å². The predicted molar refractivity (Wildman–Crippen MR) is 109 cm³/mol. The molecule has 3 rings (SSSR count). The molecular weight excluding hydrogens is 397 g/mol. The number of nitrogens with one attached hydrogen (secondary N) is 1. The Balaban J connectivity index is 1.39. The summed E-state index contributed by atoms with van der Waals surface area (Å²) >= 11 is 1.23. The molecule has 0 radical (unpaired) electrons. The SMILES string of the molecule is O=C(CSCC(=O)N1CCCC(C(=O)N2CCOCC2)C1)Nc1ccc(F)cc1. The van der Waals surface area contributed by atoms with E-state index in [0.717, 1.165) is 12.8 Å². The number of likely N-dealkylation sites (tertiary alicyclic amines) is 1. The minimum atomic E-state index is -0.366. The minimum Gasteiger partial charge on any atom is -0.378 e. The van der Waals surface area contributed by atoms with Crippen molar-refractivity contribution in [3.05, 3.63) is 30.1 Å². The second kappa shape index (κ2) is 10.6. The van der Waals surface area contributed by atoms with Crippen LogP contribution in [0.2, 0.25) is 0 Å². The summed E-state index contributed by atoms with van der Waals surface area (Å²) in [6, 6.07) is 5.53. The van der Waals surface area contributed by atoms with Crippen molar-refractivity contribution in [2.24, 2.45) is 5.92 Å². The molecule has 158 valence electrons. The van der Waals surface area contributed by atoms with Crippen molar-refractivity contribution in [2.75, 3.05) is 56.2 Å². The molecule has 0 spiro atoms. The van der Waals surface area contributed by atoms with Gasteiger partial charge in [-0.15, -0.1) is 11.8 Å². The molecule has 0 bridgehead atoms. The number of rotatable bonds is 6. The van der Waals surface area contributed by atoms with E-state index in [1.807, 2.05) is 4.90 Å². The maximum absolute atomic E-state index is 12.9. The zero-order valence-electron chi connectivity index (χ0n) is 16.3. The zero-order valence-corrected chi connectivity index (χ0v) is 17.1. The topological polar surface area (TPSA) is 79.0 Å². The average Bonchev–Trinajstić information content (AvgIpc) is 2.75. The lowest BCUT2D eigenvalue weighted by Crippen LogP contribution is -2.49. The van der Waals surface area contributed by atoms with Crippen LogP contribution in [0.1, 0.15) is 12.8 Å². The van der Waals surface area contributed by atoms with E-state index < -0.39 is 0 Å². The van der Waals surface area contributed by atoms with Crippen LogP contribution < -0.4 is 5.32 Å². The van der Waals surface area contributed by atoms with Gasteiger partial charge >= 0.3 is 0 Å². The molecule has 1 unspecified atom stereocenters. The zero-order chi connectivity index (χ0) is 20.6. The fourth-order valence-electron chi connectivity index (χ4n) is 3.50. The predicted octanol–water partition coefficient (Wildman–Crippen LogP) is 1.59. The van der Waals surface area contributed by atoms with Crippen LogP contribution in [0.4, 0.5) is 10.1 Å². The Bertz CT molecular complexity index is 725. The van der Waals surface area contributed by atoms with Gasteiger partial charge in [-0.25, -0.2) is 4.39 Å². The van der Waals surface area contributed by atoms with Crippen LogP contribution in [-0.2, 0) is 19.1 Å². The molecule has 2 aliphatic heterocycles. The highest BCUT2D eigenvalue weighted by molar-refractivity contribution is 8.00. The Hall–Kier alpha value is -2.13. The second-order valence-corrected chi connectivity index (χ2v) is 8.15. The van der Waals surface area contributed by atoms with E-state index in [-0.39, 0.29) is 41.0 Å². The van der Waals surface area contributed by atoms with Gasteiger partial charge in [0.2, 0.25) is 17.7 Å². The standard InChI is InChI=1S/C20H26FN3O4S/c21-16-3-5-17(6-4-16)22-18(25)13-29-14-19(26)24-7-1-2-15(12-24)20(27)23-8-10-28-11-9-23/h3-6,15H,1-2,7-14H2,(H,22,25). The van der Waals surface area contributed by atoms with Crippen LogP contribution in [-0.4, -0.2) is 78.4 Å². The molecule has 9 heteroatoms. The molecule has 0 saturated carbocycles. The van der Waals surface area contributed by atoms with E-state index in [0.29, 0.717) is 45.1 Å². The summed E-state index contributed by atoms with van der Waals surface area (Å²) in [5, 5.41) is 2.67. The maximum atomic E-state index is 12.9. The third-order valence-electron chi connectivity index (χ3n) is 5.03. The Morgan fingerprint density at radius 3 is 2.52 bits per heavy atom. The van der Waals surface area contributed by atoms with Gasteiger partial charge in [-0.2, -0.15) is 0 Å². The van der Waals surface area contributed by atoms with Gasteiger partial charge in [0.1, 0.15) is 5.82 Å². The summed E-state index contributed by atoms with van der Waals surface area (Å²) in [6.45, 7) is 3.45. The third-order valence-corrected chi connectivity index (χ3v) is 5.95. The molecule has 7 nitrogen and oxygen atoms in total. The largest absolute Gasteiger partial charge is 0.378 e. The summed E-state index contributed by atoms with van der Waals surface area (Å²) in [5.74, 6) is -0.385. The van der Waals surface area contributed by atoms with Gasteiger partial charge in [0.05, 0.1) is 30.6 Å². The molecule has 1 aromatic rings. The van der Waals surface area contributed by atoms with Crippen molar-refractivity contribution in [3.63, 3.8) is 0 Å². The normalized spacial score (nSPS) is 19.7. The highest BCUT2D eigenvalue weighted by atomic mass is 32.2. The number of amides is 3. The van der Waals surface area contributed by atoms with Gasteiger partial charge in [-0.3, -0.25) is 14.4 Å². The Morgan fingerprint density at radius 2 is 1.79 bits per heavy atom. The van der Waals surface area contributed by atoms with Crippen LogP contribution in [0, 0.1) is 11.7 Å². The first-order valence-corrected chi connectivity index (χ1v) is 11.0. The Morgan fingerprint density at radius 1 is 1.07 bits per heavy atom. The molecule has 1 N–H and O–H groups in total. The van der Waals surface area contributed by atoms with E-state index in [1.165, 1.54) is 36.0 Å². The van der Waals surface area contributed by atoms with Crippen LogP contribution in [0.15, 0.2) is 24.3 Å². The van der Waals surface area contributed by atoms with Crippen molar-refractivity contribution < 1.29 is 23.5 Å². The van der Waals surface area contributed by atoms with Crippen molar-refractivity contribution in [3.8, 4) is 0 Å². The number of anilines is 1. The molecule has 3 amide bonds. The number of nitrogens with zero attached hydrogens (tertiary/aromatic N) is 2. The number of benzene rings is 1. The van der Waals surface area contributed by atoms with Gasteiger partial charge in [-0.1, -0.05) is 0 Å². The smallest absolute Gasteiger partial charge is 0.234 e. The number of hydrogen-bond donors (Lipinski definition) is 1. The average molecular weight is 424 g/mol. The number of piperidine rings is 1. The fourth-order valence-corrected chi connectivity index (χ4v) is 4.22. The minimum absolute atomic E-state index is 0.0518. The Kier molecular flexibility index (Phi) is 7.88. The molecule has 0 aromatic heterocycles. The van der Waals surface area contributed by atoms with Crippen molar-refractivity contribution in [1.82, 2.24) is 9.80 Å². The highest BCUT2D eigenvalue weighted by Crippen LogP contribution is 2.20. The number of halogens is 1. The number of morpholine rings is 1. The van der Waals surface area contributed by atoms with Crippen molar-refractivity contribution in [2.45, 2.75) is 12.8 Å². The van der Waals surface area contributed by atoms with E-state index >= 15 is 0 Å². The van der Waals surface area contributed by atoms with Crippen LogP contribution in [0.5, 0.6) is 0 Å². The summed E-state index contributed by atoms with van der Waals surface area (Å²) in [6.07, 6.45) is 1.61. The monoisotopic (exact) mass is 423 g/mol. The van der Waals surface area contributed by atoms with Gasteiger partial charge < -0.3 is 19.9 Å². The first-order valence-electron chi connectivity index (χ1n) is 9.80. The van der Waals surface area contributed by atoms with Gasteiger partial charge in [0, 0.05) is 31.9 Å². The lowest BCUT2D eigenvalue weighted by Gasteiger charge is -2.36. The molecule has 0 aliphatic carbocycles. The molecule has 1 atom stereocenters. The maximum Gasteiger partial charge on any atom is 0.234 e. The summed E-state index contributed by atoms with van der Waals surface area (Å²) in [4.78, 5) is 40.7. The van der Waals surface area contributed by atoms with Crippen LogP contribution >= 0.6 is 11.8 Å². The van der Waals surface area contributed by atoms with E-state index in [2.05, 4.69) is 5.32 Å². The molecule has 2 aliphatic rings. The lowest BCUT2D eigenvalue weighted by molar-refractivity contribution is -0.143. The van der Waals surface area contributed by atoms with E-state index in [9.17, 15) is 18.8 Å². The summed E-state index contributed by atoms with van der Waals surface area (Å²) in [5.41, 5.74) is 0.517. The van der Waals surface area contributed by atoms with Crippen molar-refractivity contribution >= 4 is 35.2 Å². The van der Waals surface area contributed by atoms with E-state index in [4.69, 9.17) is 4.74 Å². The summed E-state index contributed by atoms with van der Waals surface area (Å²) in [7, 11) is 0. The first kappa shape index (κ1) is 21.6. The number of hydrogen-bond acceptors (Lipinski definition) is 5. The lowest BCUT2D eigenvalue weighted by atomic mass is 9.96. The van der Waals surface area contributed by atoms with Crippen LogP contribution in [0.3, 0.4) is 0 Å². The second-order valence-electron chi connectivity index (χ2n) is 7.16. The molecule has 2 fully saturated rings. The molecular formula is C20H26FN3O4S. The summed E-state index contributed by atoms with van der Waals surface area (Å²) < 4.78 is 18.2. The van der Waals surface area contributed by atoms with Gasteiger partial charge in [0.15, 0.2) is 0 Å². The Labute approximate surface area is 173 Å². The molecule has 29 heavy (non-hydrogen) atoms. The fraction of sp³-hybridized carbons (Fsp3) is 0.550.